The highest BCUT2D eigenvalue weighted by atomic mass is 16.5. The highest BCUT2D eigenvalue weighted by Crippen LogP contribution is 2.28. The zero-order chi connectivity index (χ0) is 20.5. The molecule has 1 saturated heterocycles. The molecule has 154 valence electrons. The standard InChI is InChI=1S/C21H30N2O5/c1-15(24)6-7-16-10-12-23(21(16)26)11-4-5-17(13-20(25)28-3)18-8-9-19(27-2)22-14-18/h8-9,14,16-17H,4-7,10-13H2,1-3H3. The van der Waals surface area contributed by atoms with Crippen molar-refractivity contribution in [2.24, 2.45) is 5.92 Å². The van der Waals surface area contributed by atoms with Gasteiger partial charge in [-0.15, -0.1) is 0 Å². The number of amides is 1. The van der Waals surface area contributed by atoms with Crippen molar-refractivity contribution < 1.29 is 23.9 Å². The molecular weight excluding hydrogens is 360 g/mol. The maximum atomic E-state index is 12.5. The van der Waals surface area contributed by atoms with Crippen molar-refractivity contribution in [3.05, 3.63) is 23.9 Å². The Kier molecular flexibility index (Phi) is 8.42. The van der Waals surface area contributed by atoms with Crippen LogP contribution < -0.4 is 4.74 Å². The largest absolute Gasteiger partial charge is 0.481 e. The van der Waals surface area contributed by atoms with E-state index in [0.29, 0.717) is 25.3 Å². The van der Waals surface area contributed by atoms with Gasteiger partial charge in [0.1, 0.15) is 5.78 Å². The van der Waals surface area contributed by atoms with E-state index >= 15 is 0 Å². The van der Waals surface area contributed by atoms with Crippen LogP contribution in [0.3, 0.4) is 0 Å². The molecule has 2 atom stereocenters. The quantitative estimate of drug-likeness (QED) is 0.540. The van der Waals surface area contributed by atoms with Gasteiger partial charge in [0, 0.05) is 37.7 Å². The Hall–Kier alpha value is -2.44. The number of ether oxygens (including phenoxy) is 2. The predicted molar refractivity (Wildman–Crippen MR) is 104 cm³/mol. The molecule has 0 aromatic carbocycles. The molecule has 7 heteroatoms. The maximum absolute atomic E-state index is 12.5. The number of hydrogen-bond acceptors (Lipinski definition) is 6. The first-order valence-electron chi connectivity index (χ1n) is 9.79. The molecule has 7 nitrogen and oxygen atoms in total. The minimum absolute atomic E-state index is 0.0166. The molecule has 1 amide bonds. The third-order valence-electron chi connectivity index (χ3n) is 5.31. The average Bonchev–Trinajstić information content (AvgIpc) is 3.05. The van der Waals surface area contributed by atoms with Crippen LogP contribution in [0.5, 0.6) is 5.88 Å². The second-order valence-electron chi connectivity index (χ2n) is 7.30. The Bertz CT molecular complexity index is 674. The summed E-state index contributed by atoms with van der Waals surface area (Å²) in [7, 11) is 2.94. The van der Waals surface area contributed by atoms with E-state index in [4.69, 9.17) is 9.47 Å². The van der Waals surface area contributed by atoms with Crippen LogP contribution in [0.15, 0.2) is 18.3 Å². The molecule has 0 aliphatic carbocycles. The van der Waals surface area contributed by atoms with Crippen LogP contribution >= 0.6 is 0 Å². The van der Waals surface area contributed by atoms with Gasteiger partial charge in [-0.2, -0.15) is 0 Å². The molecule has 1 aromatic rings. The highest BCUT2D eigenvalue weighted by Gasteiger charge is 2.31. The molecule has 0 N–H and O–H groups in total. The fourth-order valence-corrected chi connectivity index (χ4v) is 3.62. The second-order valence-corrected chi connectivity index (χ2v) is 7.30. The van der Waals surface area contributed by atoms with Gasteiger partial charge in [0.15, 0.2) is 0 Å². The number of likely N-dealkylation sites (tertiary alicyclic amines) is 1. The number of rotatable bonds is 11. The van der Waals surface area contributed by atoms with Crippen LogP contribution in [-0.2, 0) is 19.1 Å². The molecule has 28 heavy (non-hydrogen) atoms. The van der Waals surface area contributed by atoms with Gasteiger partial charge in [-0.1, -0.05) is 6.07 Å². The van der Waals surface area contributed by atoms with Crippen molar-refractivity contribution in [1.29, 1.82) is 0 Å². The Balaban J connectivity index is 1.89. The lowest BCUT2D eigenvalue weighted by Crippen LogP contribution is -2.29. The van der Waals surface area contributed by atoms with Gasteiger partial charge in [-0.05, 0) is 44.1 Å². The number of ketones is 1. The van der Waals surface area contributed by atoms with Crippen LogP contribution in [0.1, 0.15) is 56.9 Å². The van der Waals surface area contributed by atoms with Gasteiger partial charge in [-0.3, -0.25) is 9.59 Å². The van der Waals surface area contributed by atoms with Crippen LogP contribution in [0.2, 0.25) is 0 Å². The molecule has 2 rings (SSSR count). The topological polar surface area (TPSA) is 85.8 Å². The smallest absolute Gasteiger partial charge is 0.306 e. The Morgan fingerprint density at radius 2 is 2.11 bits per heavy atom. The molecule has 1 aliphatic rings. The number of nitrogens with zero attached hydrogens (tertiary/aromatic N) is 2. The van der Waals surface area contributed by atoms with Gasteiger partial charge in [0.05, 0.1) is 20.6 Å². The highest BCUT2D eigenvalue weighted by molar-refractivity contribution is 5.82. The second kappa shape index (κ2) is 10.8. The fraction of sp³-hybridized carbons (Fsp3) is 0.619. The van der Waals surface area contributed by atoms with Crippen LogP contribution in [0.25, 0.3) is 0 Å². The van der Waals surface area contributed by atoms with Gasteiger partial charge in [0.25, 0.3) is 0 Å². The van der Waals surface area contributed by atoms with Gasteiger partial charge in [0.2, 0.25) is 11.8 Å². The van der Waals surface area contributed by atoms with E-state index in [2.05, 4.69) is 4.98 Å². The van der Waals surface area contributed by atoms with E-state index in [-0.39, 0.29) is 35.9 Å². The Morgan fingerprint density at radius 1 is 1.32 bits per heavy atom. The summed E-state index contributed by atoms with van der Waals surface area (Å²) < 4.78 is 9.92. The van der Waals surface area contributed by atoms with E-state index in [9.17, 15) is 14.4 Å². The van der Waals surface area contributed by atoms with Crippen LogP contribution in [0, 0.1) is 5.92 Å². The minimum atomic E-state index is -0.262. The normalized spacial score (nSPS) is 17.5. The molecule has 0 bridgehead atoms. The number of esters is 1. The average molecular weight is 390 g/mol. The molecule has 0 spiro atoms. The summed E-state index contributed by atoms with van der Waals surface area (Å²) in [5.74, 6) is 0.502. The summed E-state index contributed by atoms with van der Waals surface area (Å²) >= 11 is 0. The molecular formula is C21H30N2O5. The third kappa shape index (κ3) is 6.32. The minimum Gasteiger partial charge on any atom is -0.481 e. The van der Waals surface area contributed by atoms with Crippen molar-refractivity contribution in [2.45, 2.75) is 51.4 Å². The van der Waals surface area contributed by atoms with E-state index in [1.54, 1.807) is 26.3 Å². The van der Waals surface area contributed by atoms with Crippen molar-refractivity contribution in [3.8, 4) is 5.88 Å². The lowest BCUT2D eigenvalue weighted by Gasteiger charge is -2.20. The molecule has 2 unspecified atom stereocenters. The Morgan fingerprint density at radius 3 is 2.71 bits per heavy atom. The van der Waals surface area contributed by atoms with Crippen molar-refractivity contribution in [3.63, 3.8) is 0 Å². The fourth-order valence-electron chi connectivity index (χ4n) is 3.62. The van der Waals surface area contributed by atoms with E-state index in [1.165, 1.54) is 7.11 Å². The third-order valence-corrected chi connectivity index (χ3v) is 5.31. The van der Waals surface area contributed by atoms with E-state index in [0.717, 1.165) is 31.4 Å². The summed E-state index contributed by atoms with van der Waals surface area (Å²) in [6.45, 7) is 2.97. The monoisotopic (exact) mass is 390 g/mol. The van der Waals surface area contributed by atoms with Crippen molar-refractivity contribution >= 4 is 17.7 Å². The molecule has 1 aliphatic heterocycles. The van der Waals surface area contributed by atoms with Gasteiger partial charge in [-0.25, -0.2) is 4.98 Å². The summed E-state index contributed by atoms with van der Waals surface area (Å²) in [4.78, 5) is 41.5. The number of pyridine rings is 1. The SMILES string of the molecule is COC(=O)CC(CCCN1CCC(CCC(C)=O)C1=O)c1ccc(OC)nc1. The molecule has 1 aromatic heterocycles. The first-order chi connectivity index (χ1) is 13.4. The predicted octanol–water partition coefficient (Wildman–Crippen LogP) is 2.73. The first kappa shape index (κ1) is 21.9. The molecule has 0 radical (unpaired) electrons. The summed E-state index contributed by atoms with van der Waals surface area (Å²) in [5, 5.41) is 0. The first-order valence-corrected chi connectivity index (χ1v) is 9.79. The zero-order valence-corrected chi connectivity index (χ0v) is 17.0. The number of carbonyl (C=O) groups is 3. The number of carbonyl (C=O) groups excluding carboxylic acids is 3. The number of methoxy groups -OCH3 is 2. The zero-order valence-electron chi connectivity index (χ0n) is 17.0. The summed E-state index contributed by atoms with van der Waals surface area (Å²) in [6, 6.07) is 3.70. The Labute approximate surface area is 166 Å². The van der Waals surface area contributed by atoms with Gasteiger partial charge >= 0.3 is 5.97 Å². The summed E-state index contributed by atoms with van der Waals surface area (Å²) in [6.07, 6.45) is 5.48. The van der Waals surface area contributed by atoms with E-state index < -0.39 is 0 Å². The molecule has 2 heterocycles. The van der Waals surface area contributed by atoms with Crippen LogP contribution in [0.4, 0.5) is 0 Å². The van der Waals surface area contributed by atoms with Crippen molar-refractivity contribution in [1.82, 2.24) is 9.88 Å². The van der Waals surface area contributed by atoms with Crippen LogP contribution in [-0.4, -0.2) is 54.9 Å². The number of Topliss-reactive ketones (excluding diaryl/α,β-unsaturated/α-hetero) is 1. The van der Waals surface area contributed by atoms with E-state index in [1.807, 2.05) is 11.0 Å². The maximum Gasteiger partial charge on any atom is 0.306 e. The molecule has 1 fully saturated rings. The lowest BCUT2D eigenvalue weighted by atomic mass is 9.92. The summed E-state index contributed by atoms with van der Waals surface area (Å²) in [5.41, 5.74) is 0.957. The molecule has 0 saturated carbocycles. The van der Waals surface area contributed by atoms with Gasteiger partial charge < -0.3 is 19.2 Å². The lowest BCUT2D eigenvalue weighted by molar-refractivity contribution is -0.141. The number of hydrogen-bond donors (Lipinski definition) is 0. The number of aromatic nitrogens is 1. The van der Waals surface area contributed by atoms with Crippen molar-refractivity contribution in [2.75, 3.05) is 27.3 Å².